The van der Waals surface area contributed by atoms with Crippen LogP contribution in [-0.2, 0) is 24.2 Å². The van der Waals surface area contributed by atoms with Gasteiger partial charge in [-0.1, -0.05) is 45.9 Å². The third-order valence-corrected chi connectivity index (χ3v) is 16.9. The van der Waals surface area contributed by atoms with Crippen molar-refractivity contribution >= 4 is 16.1 Å². The van der Waals surface area contributed by atoms with Crippen molar-refractivity contribution in [2.75, 3.05) is 32.8 Å². The predicted molar refractivity (Wildman–Crippen MR) is 179 cm³/mol. The molecule has 3 heterocycles. The Bertz CT molecular complexity index is 1440. The van der Waals surface area contributed by atoms with Crippen molar-refractivity contribution in [2.45, 2.75) is 115 Å². The minimum Gasteiger partial charge on any atom is -0.446 e. The van der Waals surface area contributed by atoms with Gasteiger partial charge in [0.25, 0.3) is 0 Å². The average Bonchev–Trinajstić information content (AvgIpc) is 3.52. The number of hydrogen-bond acceptors (Lipinski definition) is 6. The number of amides is 1. The number of carbonyl (C=O) groups is 1. The molecular weight excluding hydrogens is 612 g/mol. The molecule has 47 heavy (non-hydrogen) atoms. The number of piperazine rings is 1. The van der Waals surface area contributed by atoms with Crippen LogP contribution in [0.25, 0.3) is 0 Å². The molecule has 8 rings (SSSR count). The van der Waals surface area contributed by atoms with E-state index in [9.17, 15) is 13.2 Å². The highest BCUT2D eigenvalue weighted by molar-refractivity contribution is 7.89. The van der Waals surface area contributed by atoms with Crippen molar-refractivity contribution in [3.05, 3.63) is 30.3 Å². The summed E-state index contributed by atoms with van der Waals surface area (Å²) < 4.78 is 47.2. The Balaban J connectivity index is 0.875. The van der Waals surface area contributed by atoms with E-state index in [0.29, 0.717) is 71.7 Å². The Morgan fingerprint density at radius 1 is 0.872 bits per heavy atom. The number of hydrogen-bond donors (Lipinski definition) is 0. The Morgan fingerprint density at radius 3 is 2.34 bits per heavy atom. The van der Waals surface area contributed by atoms with Gasteiger partial charge in [-0.25, -0.2) is 13.2 Å². The zero-order valence-corrected chi connectivity index (χ0v) is 29.8. The van der Waals surface area contributed by atoms with Crippen LogP contribution >= 0.6 is 0 Å². The summed E-state index contributed by atoms with van der Waals surface area (Å²) in [7, 11) is -3.55. The van der Waals surface area contributed by atoms with E-state index in [-0.39, 0.29) is 18.0 Å². The third-order valence-electron chi connectivity index (χ3n) is 15.0. The molecule has 8 nitrogen and oxygen atoms in total. The minimum absolute atomic E-state index is 0.0495. The van der Waals surface area contributed by atoms with E-state index in [1.54, 1.807) is 29.2 Å². The Morgan fingerprint density at radius 2 is 1.62 bits per heavy atom. The minimum atomic E-state index is -3.55. The lowest BCUT2D eigenvalue weighted by Gasteiger charge is -2.61. The SMILES string of the molecule is C[C@H]1CC[C@@]2(OC1)O[C@H]1C[C@H]3[C@@H]4CC[C@@H]5C[C@@H](OC(=O)N6CCN(S(=O)(=O)c7ccccc7)CC6)CC[C@]5(C)[C@H]4CC[C@]3(C)[C@H]1[C@@H]2C. The van der Waals surface area contributed by atoms with Crippen LogP contribution in [0.4, 0.5) is 4.79 Å². The van der Waals surface area contributed by atoms with E-state index in [0.717, 1.165) is 50.0 Å². The Hall–Kier alpha value is -1.68. The second-order valence-electron chi connectivity index (χ2n) is 17.2. The molecule has 0 unspecified atom stereocenters. The van der Waals surface area contributed by atoms with Crippen LogP contribution in [0.2, 0.25) is 0 Å². The monoisotopic (exact) mass is 668 g/mol. The van der Waals surface area contributed by atoms with Crippen LogP contribution in [0, 0.1) is 52.3 Å². The van der Waals surface area contributed by atoms with Crippen LogP contribution in [0.1, 0.15) is 91.9 Å². The van der Waals surface area contributed by atoms with E-state index in [1.807, 2.05) is 6.07 Å². The summed E-state index contributed by atoms with van der Waals surface area (Å²) in [6.07, 6.45) is 11.6. The van der Waals surface area contributed by atoms with Crippen molar-refractivity contribution < 1.29 is 27.4 Å². The second kappa shape index (κ2) is 11.7. The zero-order valence-electron chi connectivity index (χ0n) is 28.9. The van der Waals surface area contributed by atoms with Crippen molar-refractivity contribution in [3.8, 4) is 0 Å². The summed E-state index contributed by atoms with van der Waals surface area (Å²) in [6, 6.07) is 8.55. The van der Waals surface area contributed by atoms with Crippen molar-refractivity contribution in [1.29, 1.82) is 0 Å². The highest BCUT2D eigenvalue weighted by Crippen LogP contribution is 2.71. The maximum Gasteiger partial charge on any atom is 0.410 e. The standard InChI is InChI=1S/C38H56N2O6S/c1-25-12-17-38(44-24-25)26(2)34-33(46-38)23-32-30-11-10-27-22-28(13-15-36(27,3)31(30)14-16-37(32,34)4)45-35(41)39-18-20-40(21-19-39)47(42,43)29-8-6-5-7-9-29/h5-9,25-28,30-34H,10-24H2,1-4H3/t25-,26-,27+,28-,30+,31-,32-,33-,34-,36-,37-,38+/m0/s1. The first kappa shape index (κ1) is 32.5. The van der Waals surface area contributed by atoms with Crippen molar-refractivity contribution in [3.63, 3.8) is 0 Å². The maximum atomic E-state index is 13.3. The number of carbonyl (C=O) groups excluding carboxylic acids is 1. The van der Waals surface area contributed by atoms with Crippen LogP contribution in [0.15, 0.2) is 35.2 Å². The second-order valence-corrected chi connectivity index (χ2v) is 19.1. The highest BCUT2D eigenvalue weighted by Gasteiger charge is 2.69. The molecule has 1 aromatic rings. The van der Waals surface area contributed by atoms with Gasteiger partial charge in [0.2, 0.25) is 10.0 Å². The lowest BCUT2D eigenvalue weighted by atomic mass is 9.44. The third kappa shape index (κ3) is 5.14. The topological polar surface area (TPSA) is 85.4 Å². The summed E-state index contributed by atoms with van der Waals surface area (Å²) >= 11 is 0. The molecule has 4 aliphatic carbocycles. The normalized spacial score (nSPS) is 46.7. The van der Waals surface area contributed by atoms with E-state index in [4.69, 9.17) is 14.2 Å². The van der Waals surface area contributed by atoms with Gasteiger partial charge in [0.1, 0.15) is 6.10 Å². The molecule has 1 aromatic carbocycles. The summed E-state index contributed by atoms with van der Waals surface area (Å²) in [4.78, 5) is 15.3. The first-order valence-corrected chi connectivity index (χ1v) is 20.2. The van der Waals surface area contributed by atoms with Gasteiger partial charge >= 0.3 is 6.09 Å². The summed E-state index contributed by atoms with van der Waals surface area (Å²) in [5.74, 6) is 4.17. The molecule has 1 spiro atoms. The molecule has 0 aromatic heterocycles. The first-order chi connectivity index (χ1) is 22.4. The van der Waals surface area contributed by atoms with Crippen LogP contribution in [0.3, 0.4) is 0 Å². The number of ether oxygens (including phenoxy) is 3. The molecule has 3 saturated heterocycles. The smallest absolute Gasteiger partial charge is 0.410 e. The van der Waals surface area contributed by atoms with E-state index >= 15 is 0 Å². The van der Waals surface area contributed by atoms with Gasteiger partial charge in [-0.15, -0.1) is 0 Å². The molecule has 0 N–H and O–H groups in total. The van der Waals surface area contributed by atoms with Gasteiger partial charge in [-0.2, -0.15) is 4.31 Å². The molecule has 3 aliphatic heterocycles. The molecular formula is C38H56N2O6S. The summed E-state index contributed by atoms with van der Waals surface area (Å²) in [5, 5.41) is 0. The highest BCUT2D eigenvalue weighted by atomic mass is 32.2. The molecule has 9 heteroatoms. The largest absolute Gasteiger partial charge is 0.446 e. The average molecular weight is 669 g/mol. The predicted octanol–water partition coefficient (Wildman–Crippen LogP) is 6.94. The van der Waals surface area contributed by atoms with E-state index in [2.05, 4.69) is 27.7 Å². The van der Waals surface area contributed by atoms with Crippen LogP contribution < -0.4 is 0 Å². The van der Waals surface area contributed by atoms with Gasteiger partial charge in [0.15, 0.2) is 5.79 Å². The van der Waals surface area contributed by atoms with Gasteiger partial charge in [-0.3, -0.25) is 0 Å². The fourth-order valence-electron chi connectivity index (χ4n) is 12.4. The lowest BCUT2D eigenvalue weighted by molar-refractivity contribution is -0.273. The molecule has 12 atom stereocenters. The van der Waals surface area contributed by atoms with Gasteiger partial charge in [0, 0.05) is 38.5 Å². The van der Waals surface area contributed by atoms with Crippen LogP contribution in [0.5, 0.6) is 0 Å². The number of rotatable bonds is 3. The van der Waals surface area contributed by atoms with Crippen molar-refractivity contribution in [2.24, 2.45) is 52.3 Å². The number of fused-ring (bicyclic) bond motifs is 7. The first-order valence-electron chi connectivity index (χ1n) is 18.8. The Labute approximate surface area is 282 Å². The lowest BCUT2D eigenvalue weighted by Crippen LogP contribution is -2.55. The number of sulfonamides is 1. The Kier molecular flexibility index (Phi) is 8.09. The maximum absolute atomic E-state index is 13.3. The van der Waals surface area contributed by atoms with E-state index < -0.39 is 10.0 Å². The van der Waals surface area contributed by atoms with E-state index in [1.165, 1.54) is 42.8 Å². The van der Waals surface area contributed by atoms with Crippen LogP contribution in [-0.4, -0.2) is 74.5 Å². The fraction of sp³-hybridized carbons (Fsp3) is 0.816. The van der Waals surface area contributed by atoms with Gasteiger partial charge < -0.3 is 19.1 Å². The molecule has 1 amide bonds. The molecule has 0 bridgehead atoms. The molecule has 4 saturated carbocycles. The zero-order chi connectivity index (χ0) is 32.8. The van der Waals surface area contributed by atoms with Gasteiger partial charge in [-0.05, 0) is 116 Å². The summed E-state index contributed by atoms with van der Waals surface area (Å²) in [6.45, 7) is 12.1. The van der Waals surface area contributed by atoms with Crippen molar-refractivity contribution in [1.82, 2.24) is 9.21 Å². The number of benzene rings is 1. The molecule has 260 valence electrons. The van der Waals surface area contributed by atoms with Gasteiger partial charge in [0.05, 0.1) is 17.6 Å². The molecule has 7 fully saturated rings. The number of nitrogens with zero attached hydrogens (tertiary/aromatic N) is 2. The molecule has 0 radical (unpaired) electrons. The summed E-state index contributed by atoms with van der Waals surface area (Å²) in [5.41, 5.74) is 0.639. The quantitative estimate of drug-likeness (QED) is 0.347. The molecule has 7 aliphatic rings. The fourth-order valence-corrected chi connectivity index (χ4v) is 13.9.